The third kappa shape index (κ3) is 3.13. The number of piperidine rings is 1. The van der Waals surface area contributed by atoms with Crippen molar-refractivity contribution in [3.63, 3.8) is 0 Å². The van der Waals surface area contributed by atoms with Gasteiger partial charge in [0.25, 0.3) is 0 Å². The molecule has 0 N–H and O–H groups in total. The summed E-state index contributed by atoms with van der Waals surface area (Å²) in [7, 11) is 0. The molecule has 6 heteroatoms. The molecule has 1 aliphatic heterocycles. The van der Waals surface area contributed by atoms with Gasteiger partial charge in [0.15, 0.2) is 5.82 Å². The van der Waals surface area contributed by atoms with E-state index < -0.39 is 0 Å². The van der Waals surface area contributed by atoms with E-state index in [9.17, 15) is 0 Å². The van der Waals surface area contributed by atoms with Crippen LogP contribution in [-0.4, -0.2) is 37.3 Å². The first-order valence-corrected chi connectivity index (χ1v) is 8.38. The number of rotatable bonds is 4. The van der Waals surface area contributed by atoms with E-state index in [2.05, 4.69) is 20.0 Å². The minimum atomic E-state index is 0.388. The Morgan fingerprint density at radius 1 is 1.08 bits per heavy atom. The number of hydrogen-bond acceptors (Lipinski definition) is 5. The quantitative estimate of drug-likeness (QED) is 0.740. The number of anilines is 1. The summed E-state index contributed by atoms with van der Waals surface area (Å²) in [5.41, 5.74) is 1.05. The van der Waals surface area contributed by atoms with Gasteiger partial charge in [-0.2, -0.15) is 5.10 Å². The second kappa shape index (κ2) is 6.78. The molecular formula is C18H20N6. The van der Waals surface area contributed by atoms with Crippen molar-refractivity contribution in [1.29, 1.82) is 0 Å². The predicted molar refractivity (Wildman–Crippen MR) is 92.5 cm³/mol. The van der Waals surface area contributed by atoms with Crippen LogP contribution in [0, 0.1) is 0 Å². The summed E-state index contributed by atoms with van der Waals surface area (Å²) in [6.45, 7) is 1.86. The molecule has 1 saturated heterocycles. The molecule has 0 saturated carbocycles. The second-order valence-electron chi connectivity index (χ2n) is 6.06. The van der Waals surface area contributed by atoms with Gasteiger partial charge in [0.1, 0.15) is 18.5 Å². The van der Waals surface area contributed by atoms with Crippen molar-refractivity contribution in [3.05, 3.63) is 55.2 Å². The standard InChI is InChI=1S/C18H20N6/c1-2-6-15(7-3-1)18-20-10-9-17(22-18)24-11-5-4-8-16(24)12-23-14-19-13-21-23/h1-3,6-7,9-10,13-14,16H,4-5,8,11-12H2/t16-/m0/s1. The van der Waals surface area contributed by atoms with Crippen LogP contribution in [0.25, 0.3) is 11.4 Å². The van der Waals surface area contributed by atoms with E-state index in [-0.39, 0.29) is 0 Å². The topological polar surface area (TPSA) is 59.7 Å². The molecule has 0 spiro atoms. The maximum absolute atomic E-state index is 4.82. The van der Waals surface area contributed by atoms with Crippen LogP contribution in [0.15, 0.2) is 55.2 Å². The highest BCUT2D eigenvalue weighted by atomic mass is 15.3. The van der Waals surface area contributed by atoms with Gasteiger partial charge in [-0.15, -0.1) is 0 Å². The minimum Gasteiger partial charge on any atom is -0.352 e. The fraction of sp³-hybridized carbons (Fsp3) is 0.333. The Labute approximate surface area is 141 Å². The molecule has 0 bridgehead atoms. The molecule has 1 fully saturated rings. The van der Waals surface area contributed by atoms with Crippen molar-refractivity contribution in [2.45, 2.75) is 31.8 Å². The van der Waals surface area contributed by atoms with E-state index in [0.29, 0.717) is 6.04 Å². The van der Waals surface area contributed by atoms with Crippen LogP contribution in [0.3, 0.4) is 0 Å². The smallest absolute Gasteiger partial charge is 0.161 e. The van der Waals surface area contributed by atoms with Gasteiger partial charge in [0.05, 0.1) is 12.6 Å². The molecule has 3 aromatic rings. The molecule has 122 valence electrons. The largest absolute Gasteiger partial charge is 0.352 e. The van der Waals surface area contributed by atoms with Gasteiger partial charge in [-0.3, -0.25) is 4.68 Å². The molecule has 6 nitrogen and oxygen atoms in total. The summed E-state index contributed by atoms with van der Waals surface area (Å²) >= 11 is 0. The van der Waals surface area contributed by atoms with E-state index in [4.69, 9.17) is 4.98 Å². The summed E-state index contributed by atoms with van der Waals surface area (Å²) in [6.07, 6.45) is 8.80. The molecule has 1 aliphatic rings. The Balaban J connectivity index is 1.61. The molecular weight excluding hydrogens is 300 g/mol. The van der Waals surface area contributed by atoms with Crippen molar-refractivity contribution in [3.8, 4) is 11.4 Å². The van der Waals surface area contributed by atoms with Crippen molar-refractivity contribution < 1.29 is 0 Å². The van der Waals surface area contributed by atoms with Crippen molar-refractivity contribution >= 4 is 5.82 Å². The summed E-state index contributed by atoms with van der Waals surface area (Å²) in [4.78, 5) is 15.7. The van der Waals surface area contributed by atoms with Gasteiger partial charge >= 0.3 is 0 Å². The Morgan fingerprint density at radius 3 is 2.83 bits per heavy atom. The summed E-state index contributed by atoms with van der Waals surface area (Å²) < 4.78 is 1.91. The van der Waals surface area contributed by atoms with Crippen LogP contribution in [0.1, 0.15) is 19.3 Å². The Morgan fingerprint density at radius 2 is 2.00 bits per heavy atom. The first-order chi connectivity index (χ1) is 11.9. The predicted octanol–water partition coefficient (Wildman–Crippen LogP) is 2.79. The van der Waals surface area contributed by atoms with Gasteiger partial charge in [0, 0.05) is 18.3 Å². The maximum Gasteiger partial charge on any atom is 0.161 e. The Hall–Kier alpha value is -2.76. The monoisotopic (exact) mass is 320 g/mol. The zero-order valence-corrected chi connectivity index (χ0v) is 13.5. The zero-order valence-electron chi connectivity index (χ0n) is 13.5. The Kier molecular flexibility index (Phi) is 4.18. The molecule has 2 aromatic heterocycles. The lowest BCUT2D eigenvalue weighted by Crippen LogP contribution is -2.42. The summed E-state index contributed by atoms with van der Waals surface area (Å²) in [5.74, 6) is 1.77. The van der Waals surface area contributed by atoms with E-state index >= 15 is 0 Å². The summed E-state index contributed by atoms with van der Waals surface area (Å²) in [6, 6.07) is 12.5. The van der Waals surface area contributed by atoms with Crippen LogP contribution >= 0.6 is 0 Å². The number of hydrogen-bond donors (Lipinski definition) is 0. The SMILES string of the molecule is c1ccc(-c2nccc(N3CCCC[C@H]3Cn3cncn3)n2)cc1. The Bertz CT molecular complexity index is 771. The first-order valence-electron chi connectivity index (χ1n) is 8.38. The number of nitrogens with zero attached hydrogens (tertiary/aromatic N) is 6. The van der Waals surface area contributed by atoms with Gasteiger partial charge in [-0.05, 0) is 25.3 Å². The zero-order chi connectivity index (χ0) is 16.2. The van der Waals surface area contributed by atoms with Crippen LogP contribution in [0.5, 0.6) is 0 Å². The highest BCUT2D eigenvalue weighted by Gasteiger charge is 2.24. The number of benzene rings is 1. The van der Waals surface area contributed by atoms with Crippen LogP contribution in [0.4, 0.5) is 5.82 Å². The third-order valence-corrected chi connectivity index (χ3v) is 4.46. The van der Waals surface area contributed by atoms with Crippen molar-refractivity contribution in [1.82, 2.24) is 24.7 Å². The molecule has 0 amide bonds. The highest BCUT2D eigenvalue weighted by molar-refractivity contribution is 5.57. The lowest BCUT2D eigenvalue weighted by Gasteiger charge is -2.36. The maximum atomic E-state index is 4.82. The minimum absolute atomic E-state index is 0.388. The van der Waals surface area contributed by atoms with Gasteiger partial charge < -0.3 is 4.90 Å². The molecule has 1 atom stereocenters. The fourth-order valence-corrected chi connectivity index (χ4v) is 3.27. The number of aromatic nitrogens is 5. The van der Waals surface area contributed by atoms with E-state index in [1.165, 1.54) is 12.8 Å². The van der Waals surface area contributed by atoms with Gasteiger partial charge in [0.2, 0.25) is 0 Å². The van der Waals surface area contributed by atoms with E-state index in [1.54, 1.807) is 12.7 Å². The van der Waals surface area contributed by atoms with Gasteiger partial charge in [-0.25, -0.2) is 15.0 Å². The third-order valence-electron chi connectivity index (χ3n) is 4.46. The average Bonchev–Trinajstić information content (AvgIpc) is 3.16. The first kappa shape index (κ1) is 14.8. The van der Waals surface area contributed by atoms with Crippen molar-refractivity contribution in [2.24, 2.45) is 0 Å². The van der Waals surface area contributed by atoms with Gasteiger partial charge in [-0.1, -0.05) is 30.3 Å². The average molecular weight is 320 g/mol. The molecule has 24 heavy (non-hydrogen) atoms. The highest BCUT2D eigenvalue weighted by Crippen LogP contribution is 2.25. The van der Waals surface area contributed by atoms with E-state index in [0.717, 1.165) is 36.7 Å². The second-order valence-corrected chi connectivity index (χ2v) is 6.06. The van der Waals surface area contributed by atoms with E-state index in [1.807, 2.05) is 47.3 Å². The molecule has 4 rings (SSSR count). The lowest BCUT2D eigenvalue weighted by atomic mass is 10.0. The molecule has 3 heterocycles. The fourth-order valence-electron chi connectivity index (χ4n) is 3.27. The van der Waals surface area contributed by atoms with Crippen molar-refractivity contribution in [2.75, 3.05) is 11.4 Å². The lowest BCUT2D eigenvalue weighted by molar-refractivity contribution is 0.396. The summed E-state index contributed by atoms with van der Waals surface area (Å²) in [5, 5.41) is 4.25. The van der Waals surface area contributed by atoms with Crippen LogP contribution in [0.2, 0.25) is 0 Å². The normalized spacial score (nSPS) is 17.8. The van der Waals surface area contributed by atoms with Crippen LogP contribution < -0.4 is 4.90 Å². The molecule has 1 aromatic carbocycles. The van der Waals surface area contributed by atoms with Crippen LogP contribution in [-0.2, 0) is 6.54 Å². The molecule has 0 radical (unpaired) electrons. The molecule has 0 unspecified atom stereocenters. The molecule has 0 aliphatic carbocycles.